The summed E-state index contributed by atoms with van der Waals surface area (Å²) < 4.78 is 270. The highest BCUT2D eigenvalue weighted by molar-refractivity contribution is 14.1. The lowest BCUT2D eigenvalue weighted by Gasteiger charge is -2.31. The van der Waals surface area contributed by atoms with Gasteiger partial charge in [-0.25, -0.2) is 18.1 Å². The second-order valence-corrected chi connectivity index (χ2v) is 18.2. The van der Waals surface area contributed by atoms with E-state index in [0.29, 0.717) is 14.9 Å². The summed E-state index contributed by atoms with van der Waals surface area (Å²) in [6.07, 6.45) is -29.9. The van der Waals surface area contributed by atoms with Crippen molar-refractivity contribution in [3.8, 4) is 33.6 Å². The minimum Gasteiger partial charge on any atom is -0.349 e. The van der Waals surface area contributed by atoms with Crippen molar-refractivity contribution in [2.75, 3.05) is 12.0 Å². The van der Waals surface area contributed by atoms with Gasteiger partial charge in [0.05, 0.1) is 56.1 Å². The Morgan fingerprint density at radius 3 is 1.24 bits per heavy atom. The van der Waals surface area contributed by atoms with Crippen molar-refractivity contribution in [2.45, 2.75) is 86.2 Å². The number of alkyl halides is 21. The number of nitrogens with zero attached hydrogens (tertiary/aromatic N) is 5. The molecule has 79 heavy (non-hydrogen) atoms. The van der Waals surface area contributed by atoms with Gasteiger partial charge < -0.3 is 10.2 Å². The number of aromatic nitrogens is 4. The van der Waals surface area contributed by atoms with Crippen molar-refractivity contribution >= 4 is 57.6 Å². The molecule has 31 heteroatoms. The molecule has 4 aromatic carbocycles. The highest BCUT2D eigenvalue weighted by Crippen LogP contribution is 2.56. The van der Waals surface area contributed by atoms with Crippen LogP contribution in [0.2, 0.25) is 10.0 Å². The minimum absolute atomic E-state index is 0.00600. The summed E-state index contributed by atoms with van der Waals surface area (Å²) in [7, 11) is 1.59. The number of hydrogen-bond donors (Lipinski definition) is 1. The Hall–Kier alpha value is -5.85. The predicted molar refractivity (Wildman–Crippen MR) is 253 cm³/mol. The van der Waals surface area contributed by atoms with Crippen molar-refractivity contribution in [3.63, 3.8) is 0 Å². The molecule has 0 aliphatic heterocycles. The molecule has 2 aliphatic carbocycles. The third-order valence-electron chi connectivity index (χ3n) is 12.0. The van der Waals surface area contributed by atoms with Crippen molar-refractivity contribution in [3.05, 3.63) is 141 Å². The molecule has 0 unspecified atom stereocenters. The summed E-state index contributed by atoms with van der Waals surface area (Å²) in [5.74, 6) is -0.874. The molecule has 0 saturated heterocycles. The molecular weight excluding hydrogens is 1270 g/mol. The number of benzene rings is 4. The van der Waals surface area contributed by atoms with Crippen LogP contribution >= 0.6 is 45.8 Å². The van der Waals surface area contributed by atoms with Crippen LogP contribution in [0, 0.1) is 0 Å². The molecule has 428 valence electrons. The van der Waals surface area contributed by atoms with Crippen LogP contribution in [-0.2, 0) is 23.7 Å². The van der Waals surface area contributed by atoms with Crippen LogP contribution in [0.5, 0.6) is 0 Å². The van der Waals surface area contributed by atoms with Crippen molar-refractivity contribution in [1.29, 1.82) is 0 Å². The smallest absolute Gasteiger partial charge is 0.349 e. The fraction of sp³-hybridized carbons (Fsp3) is 0.333. The molecule has 2 aliphatic rings. The van der Waals surface area contributed by atoms with Gasteiger partial charge in [0.15, 0.2) is 0 Å². The van der Waals surface area contributed by atoms with Gasteiger partial charge in [-0.3, -0.25) is 9.59 Å². The Morgan fingerprint density at radius 1 is 0.532 bits per heavy atom. The standard InChI is InChI=1S/C24H16ClF10N3O.C23H14ClF10N3O.CH3I/c1-37(15-4-5-15)20(39)16-8-12(2-6-18(16)25)13-10-36-38(11-13)19-7-3-14(9-17(19)22(27,28)29)21(26,23(30,31)32)24(33,34)35;24-17-5-1-11(7-15(17)19(38)36-14-3-4-14)12-9-35-37(10-12)18-6-2-13(8-16(18)21(26,27)28)20(25,22(29,30)31)23(32,33)34;1-2/h2-3,6-11,15H,4-5H2,1H3;1-2,5-10,14H,3-4H2,(H,36,38);1H3. The predicted octanol–water partition coefficient (Wildman–Crippen LogP) is 16.2. The molecule has 8 nitrogen and oxygen atoms in total. The first-order valence-corrected chi connectivity index (χ1v) is 24.9. The number of carbonyl (C=O) groups is 2. The molecule has 0 atom stereocenters. The van der Waals surface area contributed by atoms with Crippen LogP contribution in [0.1, 0.15) is 68.7 Å². The Kier molecular flexibility index (Phi) is 17.6. The molecule has 2 heterocycles. The van der Waals surface area contributed by atoms with Crippen LogP contribution in [0.3, 0.4) is 0 Å². The molecule has 2 fully saturated rings. The third kappa shape index (κ3) is 12.9. The molecule has 8 rings (SSSR count). The zero-order valence-electron chi connectivity index (χ0n) is 39.5. The van der Waals surface area contributed by atoms with Crippen molar-refractivity contribution < 1.29 is 97.4 Å². The number of nitrogens with one attached hydrogen (secondary N) is 1. The van der Waals surface area contributed by atoms with Gasteiger partial charge >= 0.3 is 48.4 Å². The van der Waals surface area contributed by atoms with Gasteiger partial charge in [0, 0.05) is 53.8 Å². The van der Waals surface area contributed by atoms with Crippen LogP contribution in [0.4, 0.5) is 87.8 Å². The topological polar surface area (TPSA) is 85.1 Å². The Balaban J connectivity index is 0.000000248. The Labute approximate surface area is 455 Å². The monoisotopic (exact) mass is 1300 g/mol. The second-order valence-electron chi connectivity index (χ2n) is 17.4. The van der Waals surface area contributed by atoms with E-state index in [1.807, 2.05) is 4.93 Å². The lowest BCUT2D eigenvalue weighted by atomic mass is 9.92. The Morgan fingerprint density at radius 2 is 0.899 bits per heavy atom. The number of halogens is 23. The van der Waals surface area contributed by atoms with Gasteiger partial charge in [-0.15, -0.1) is 0 Å². The highest BCUT2D eigenvalue weighted by Gasteiger charge is 2.75. The molecular formula is C48H33Cl2F20IN6O2. The lowest BCUT2D eigenvalue weighted by molar-refractivity contribution is -0.349. The first-order chi connectivity index (χ1) is 36.3. The van der Waals surface area contributed by atoms with E-state index in [9.17, 15) is 97.4 Å². The maximum absolute atomic E-state index is 14.4. The van der Waals surface area contributed by atoms with Gasteiger partial charge in [-0.05, 0) is 90.3 Å². The maximum Gasteiger partial charge on any atom is 0.435 e. The van der Waals surface area contributed by atoms with E-state index >= 15 is 0 Å². The fourth-order valence-corrected chi connectivity index (χ4v) is 8.00. The van der Waals surface area contributed by atoms with E-state index < -0.39 is 106 Å². The van der Waals surface area contributed by atoms with Crippen LogP contribution in [0.15, 0.2) is 97.6 Å². The zero-order chi connectivity index (χ0) is 59.4. The maximum atomic E-state index is 14.4. The molecule has 0 bridgehead atoms. The summed E-state index contributed by atoms with van der Waals surface area (Å²) in [5, 5.41) is 10.4. The SMILES string of the molecule is CI.CN(C(=O)c1cc(-c2cnn(-c3ccc(C(F)(C(F)(F)F)C(F)(F)F)cc3C(F)(F)F)c2)ccc1Cl)C1CC1.O=C(NC1CC1)c1cc(-c2cnn(-c3ccc(C(F)(C(F)(F)F)C(F)(F)F)cc3C(F)(F)F)c2)ccc1Cl. The summed E-state index contributed by atoms with van der Waals surface area (Å²) in [6.45, 7) is 0. The second kappa shape index (κ2) is 22.2. The molecule has 2 aromatic heterocycles. The molecule has 2 amide bonds. The van der Waals surface area contributed by atoms with Gasteiger partial charge in [-0.2, -0.15) is 89.2 Å². The summed E-state index contributed by atoms with van der Waals surface area (Å²) in [5.41, 5.74) is -21.5. The van der Waals surface area contributed by atoms with E-state index in [-0.39, 0.29) is 74.2 Å². The molecule has 0 spiro atoms. The highest BCUT2D eigenvalue weighted by atomic mass is 127. The number of amides is 2. The van der Waals surface area contributed by atoms with E-state index in [2.05, 4.69) is 38.1 Å². The number of carbonyl (C=O) groups excluding carboxylic acids is 2. The van der Waals surface area contributed by atoms with Crippen molar-refractivity contribution in [1.82, 2.24) is 29.8 Å². The van der Waals surface area contributed by atoms with Crippen molar-refractivity contribution in [2.24, 2.45) is 0 Å². The number of hydrogen-bond acceptors (Lipinski definition) is 4. The molecule has 6 aromatic rings. The summed E-state index contributed by atoms with van der Waals surface area (Å²) >= 11 is 14.4. The molecule has 2 saturated carbocycles. The molecule has 0 radical (unpaired) electrons. The number of rotatable bonds is 10. The van der Waals surface area contributed by atoms with E-state index in [4.69, 9.17) is 23.2 Å². The van der Waals surface area contributed by atoms with Gasteiger partial charge in [0.2, 0.25) is 0 Å². The van der Waals surface area contributed by atoms with E-state index in [1.54, 1.807) is 7.05 Å². The minimum atomic E-state index is -6.59. The van der Waals surface area contributed by atoms with Gasteiger partial charge in [0.25, 0.3) is 11.8 Å². The first kappa shape index (κ1) is 62.3. The first-order valence-electron chi connectivity index (χ1n) is 22.0. The largest absolute Gasteiger partial charge is 0.435 e. The quantitative estimate of drug-likeness (QED) is 0.0841. The van der Waals surface area contributed by atoms with Gasteiger partial charge in [-0.1, -0.05) is 70.1 Å². The summed E-state index contributed by atoms with van der Waals surface area (Å²) in [4.78, 5) is 28.6. The van der Waals surface area contributed by atoms with Gasteiger partial charge in [0.1, 0.15) is 0 Å². The average molecular weight is 1300 g/mol. The zero-order valence-corrected chi connectivity index (χ0v) is 43.1. The van der Waals surface area contributed by atoms with E-state index in [1.165, 1.54) is 41.3 Å². The normalized spacial score (nSPS) is 14.7. The van der Waals surface area contributed by atoms with E-state index in [0.717, 1.165) is 50.5 Å². The van der Waals surface area contributed by atoms with Crippen LogP contribution in [-0.4, -0.2) is 85.0 Å². The fourth-order valence-electron chi connectivity index (χ4n) is 7.59. The molecule has 1 N–H and O–H groups in total. The third-order valence-corrected chi connectivity index (χ3v) is 12.7. The van der Waals surface area contributed by atoms with Crippen LogP contribution < -0.4 is 5.32 Å². The van der Waals surface area contributed by atoms with Crippen LogP contribution in [0.25, 0.3) is 33.6 Å². The lowest BCUT2D eigenvalue weighted by Crippen LogP contribution is -2.50. The Bertz CT molecular complexity index is 3180. The summed E-state index contributed by atoms with van der Waals surface area (Å²) in [6, 6.07) is 7.79. The average Bonchev–Trinajstić information content (AvgIpc) is 4.39.